The van der Waals surface area contributed by atoms with E-state index in [1.807, 2.05) is 61.5 Å². The van der Waals surface area contributed by atoms with Crippen LogP contribution < -0.4 is 4.90 Å². The van der Waals surface area contributed by atoms with E-state index >= 15 is 0 Å². The molecule has 4 rings (SSSR count). The Bertz CT molecular complexity index is 1260. The molecule has 0 saturated heterocycles. The van der Waals surface area contributed by atoms with E-state index in [1.165, 1.54) is 4.31 Å². The number of carbonyl (C=O) groups is 1. The molecule has 1 amide bonds. The van der Waals surface area contributed by atoms with Gasteiger partial charge in [0.05, 0.1) is 22.0 Å². The van der Waals surface area contributed by atoms with Crippen molar-refractivity contribution in [2.75, 3.05) is 11.4 Å². The SMILES string of the molecule is CC(Br)C(=O)N(Cc1ccccc1)c1ccccc1C1=CN(S(=O)(=O)c2ccccc2)CC1. The van der Waals surface area contributed by atoms with Crippen LogP contribution in [0.3, 0.4) is 0 Å². The summed E-state index contributed by atoms with van der Waals surface area (Å²) in [5.41, 5.74) is 3.53. The fourth-order valence-electron chi connectivity index (χ4n) is 3.90. The highest BCUT2D eigenvalue weighted by atomic mass is 79.9. The second kappa shape index (κ2) is 9.93. The topological polar surface area (TPSA) is 57.7 Å². The fraction of sp³-hybridized carbons (Fsp3) is 0.192. The zero-order chi connectivity index (χ0) is 23.4. The molecule has 1 aliphatic heterocycles. The molecule has 5 nitrogen and oxygen atoms in total. The van der Waals surface area contributed by atoms with Crippen molar-refractivity contribution >= 4 is 43.1 Å². The predicted octanol–water partition coefficient (Wildman–Crippen LogP) is 5.44. The lowest BCUT2D eigenvalue weighted by molar-refractivity contribution is -0.117. The molecule has 3 aromatic rings. The van der Waals surface area contributed by atoms with Crippen LogP contribution in [0.1, 0.15) is 24.5 Å². The van der Waals surface area contributed by atoms with Crippen LogP contribution in [0.4, 0.5) is 5.69 Å². The van der Waals surface area contributed by atoms with Crippen LogP contribution in [0.25, 0.3) is 5.57 Å². The molecule has 0 N–H and O–H groups in total. The Morgan fingerprint density at radius 3 is 2.24 bits per heavy atom. The summed E-state index contributed by atoms with van der Waals surface area (Å²) in [5.74, 6) is -0.0568. The number of para-hydroxylation sites is 1. The first-order valence-corrected chi connectivity index (χ1v) is 13.1. The van der Waals surface area contributed by atoms with Gasteiger partial charge in [-0.15, -0.1) is 0 Å². The molecule has 0 radical (unpaired) electrons. The van der Waals surface area contributed by atoms with Crippen LogP contribution in [0.5, 0.6) is 0 Å². The molecule has 1 atom stereocenters. The number of carbonyl (C=O) groups excluding carboxylic acids is 1. The Balaban J connectivity index is 1.71. The van der Waals surface area contributed by atoms with Gasteiger partial charge in [-0.2, -0.15) is 0 Å². The number of anilines is 1. The fourth-order valence-corrected chi connectivity index (χ4v) is 5.51. The highest BCUT2D eigenvalue weighted by Gasteiger charge is 2.29. The van der Waals surface area contributed by atoms with Gasteiger partial charge in [0.15, 0.2) is 0 Å². The van der Waals surface area contributed by atoms with E-state index in [4.69, 9.17) is 0 Å². The largest absolute Gasteiger partial charge is 0.306 e. The standard InChI is InChI=1S/C26H25BrN2O3S/c1-20(27)26(30)29(18-21-10-4-2-5-11-21)25-15-9-8-14-24(25)22-16-17-28(19-22)33(31,32)23-12-6-3-7-13-23/h2-15,19-20H,16-18H2,1H3. The minimum absolute atomic E-state index is 0.0568. The zero-order valence-corrected chi connectivity index (χ0v) is 20.7. The molecule has 0 spiro atoms. The molecule has 0 saturated carbocycles. The average Bonchev–Trinajstić information content (AvgIpc) is 3.34. The van der Waals surface area contributed by atoms with Crippen molar-refractivity contribution in [1.82, 2.24) is 4.31 Å². The lowest BCUT2D eigenvalue weighted by Gasteiger charge is -2.27. The summed E-state index contributed by atoms with van der Waals surface area (Å²) < 4.78 is 27.6. The molecule has 1 unspecified atom stereocenters. The first kappa shape index (κ1) is 23.3. The van der Waals surface area contributed by atoms with Crippen LogP contribution in [0.15, 0.2) is 96.0 Å². The van der Waals surface area contributed by atoms with Crippen LogP contribution in [-0.4, -0.2) is 30.0 Å². The molecule has 170 valence electrons. The van der Waals surface area contributed by atoms with Crippen molar-refractivity contribution in [3.8, 4) is 0 Å². The van der Waals surface area contributed by atoms with Gasteiger partial charge in [0.1, 0.15) is 0 Å². The zero-order valence-electron chi connectivity index (χ0n) is 18.3. The van der Waals surface area contributed by atoms with Gasteiger partial charge >= 0.3 is 0 Å². The van der Waals surface area contributed by atoms with Gasteiger partial charge in [-0.3, -0.25) is 9.10 Å². The number of amides is 1. The number of hydrogen-bond acceptors (Lipinski definition) is 3. The molecule has 0 aliphatic carbocycles. The van der Waals surface area contributed by atoms with Gasteiger partial charge in [-0.1, -0.05) is 82.7 Å². The minimum Gasteiger partial charge on any atom is -0.306 e. The number of nitrogens with zero attached hydrogens (tertiary/aromatic N) is 2. The van der Waals surface area contributed by atoms with Crippen LogP contribution in [0.2, 0.25) is 0 Å². The maximum atomic E-state index is 13.2. The van der Waals surface area contributed by atoms with Crippen molar-refractivity contribution < 1.29 is 13.2 Å². The third-order valence-corrected chi connectivity index (χ3v) is 7.75. The first-order chi connectivity index (χ1) is 15.9. The Labute approximate surface area is 203 Å². The quantitative estimate of drug-likeness (QED) is 0.386. The van der Waals surface area contributed by atoms with E-state index < -0.39 is 10.0 Å². The molecular weight excluding hydrogens is 500 g/mol. The van der Waals surface area contributed by atoms with Crippen molar-refractivity contribution in [2.24, 2.45) is 0 Å². The van der Waals surface area contributed by atoms with E-state index in [2.05, 4.69) is 15.9 Å². The maximum absolute atomic E-state index is 13.2. The molecule has 1 heterocycles. The number of alkyl halides is 1. The van der Waals surface area contributed by atoms with Crippen LogP contribution in [-0.2, 0) is 21.4 Å². The molecule has 0 bridgehead atoms. The number of benzene rings is 3. The first-order valence-electron chi connectivity index (χ1n) is 10.7. The average molecular weight is 525 g/mol. The second-order valence-electron chi connectivity index (χ2n) is 7.88. The normalized spacial score (nSPS) is 14.6. The van der Waals surface area contributed by atoms with E-state index in [0.717, 1.165) is 22.4 Å². The lowest BCUT2D eigenvalue weighted by atomic mass is 10.0. The van der Waals surface area contributed by atoms with E-state index in [0.29, 0.717) is 19.5 Å². The predicted molar refractivity (Wildman–Crippen MR) is 135 cm³/mol. The molecular formula is C26H25BrN2O3S. The Kier molecular flexibility index (Phi) is 7.00. The summed E-state index contributed by atoms with van der Waals surface area (Å²) in [5, 5.41) is 0. The molecule has 33 heavy (non-hydrogen) atoms. The molecule has 1 aliphatic rings. The molecule has 0 aromatic heterocycles. The summed E-state index contributed by atoms with van der Waals surface area (Å²) in [6.07, 6.45) is 2.27. The number of rotatable bonds is 7. The van der Waals surface area contributed by atoms with Crippen molar-refractivity contribution in [2.45, 2.75) is 29.6 Å². The van der Waals surface area contributed by atoms with Crippen LogP contribution in [0, 0.1) is 0 Å². The Morgan fingerprint density at radius 2 is 1.58 bits per heavy atom. The van der Waals surface area contributed by atoms with E-state index in [9.17, 15) is 13.2 Å². The molecule has 0 fully saturated rings. The van der Waals surface area contributed by atoms with Gasteiger partial charge < -0.3 is 4.90 Å². The van der Waals surface area contributed by atoms with E-state index in [1.54, 1.807) is 41.4 Å². The summed E-state index contributed by atoms with van der Waals surface area (Å²) >= 11 is 3.43. The Morgan fingerprint density at radius 1 is 0.970 bits per heavy atom. The van der Waals surface area contributed by atoms with Gasteiger partial charge in [-0.05, 0) is 42.7 Å². The number of sulfonamides is 1. The monoisotopic (exact) mass is 524 g/mol. The highest BCUT2D eigenvalue weighted by Crippen LogP contribution is 2.35. The van der Waals surface area contributed by atoms with Crippen molar-refractivity contribution in [1.29, 1.82) is 0 Å². The highest BCUT2D eigenvalue weighted by molar-refractivity contribution is 9.10. The van der Waals surface area contributed by atoms with E-state index in [-0.39, 0.29) is 15.6 Å². The number of hydrogen-bond donors (Lipinski definition) is 0. The molecule has 3 aromatic carbocycles. The molecule has 7 heteroatoms. The van der Waals surface area contributed by atoms with Gasteiger partial charge in [0.2, 0.25) is 5.91 Å². The summed E-state index contributed by atoms with van der Waals surface area (Å²) in [6, 6.07) is 26.0. The van der Waals surface area contributed by atoms with Crippen LogP contribution >= 0.6 is 15.9 Å². The summed E-state index contributed by atoms with van der Waals surface area (Å²) in [6.45, 7) is 2.60. The smallest absolute Gasteiger partial charge is 0.263 e. The van der Waals surface area contributed by atoms with Gasteiger partial charge in [0.25, 0.3) is 10.0 Å². The minimum atomic E-state index is -3.62. The Hall–Kier alpha value is -2.90. The number of halogens is 1. The van der Waals surface area contributed by atoms with Gasteiger partial charge in [-0.25, -0.2) is 8.42 Å². The maximum Gasteiger partial charge on any atom is 0.263 e. The third kappa shape index (κ3) is 5.04. The summed E-state index contributed by atoms with van der Waals surface area (Å²) in [4.78, 5) is 14.8. The second-order valence-corrected chi connectivity index (χ2v) is 11.1. The van der Waals surface area contributed by atoms with Crippen molar-refractivity contribution in [3.05, 3.63) is 102 Å². The third-order valence-electron chi connectivity index (χ3n) is 5.58. The van der Waals surface area contributed by atoms with Crippen molar-refractivity contribution in [3.63, 3.8) is 0 Å². The summed E-state index contributed by atoms with van der Waals surface area (Å²) in [7, 11) is -3.62. The van der Waals surface area contributed by atoms with Gasteiger partial charge in [0, 0.05) is 18.3 Å². The lowest BCUT2D eigenvalue weighted by Crippen LogP contribution is -2.35.